The number of rotatable bonds is 8. The molecule has 0 bridgehead atoms. The van der Waals surface area contributed by atoms with Crippen LogP contribution in [0.5, 0.6) is 5.75 Å². The summed E-state index contributed by atoms with van der Waals surface area (Å²) in [4.78, 5) is 0. The molecule has 0 aliphatic rings. The lowest BCUT2D eigenvalue weighted by atomic mass is 10.1. The largest absolute Gasteiger partial charge is 0.488 e. The highest BCUT2D eigenvalue weighted by atomic mass is 16.5. The van der Waals surface area contributed by atoms with E-state index in [4.69, 9.17) is 9.47 Å². The van der Waals surface area contributed by atoms with E-state index in [1.807, 2.05) is 43.3 Å². The molecule has 0 saturated carbocycles. The standard InChI is InChI=1S/C19H22O2/c1-3-8-17-11-7-12-19(13-17)21-16(2)14-20-15-18-9-5-4-6-10-18/h3-7,9-13,16H,1,8,14-15H2,2H3. The van der Waals surface area contributed by atoms with Gasteiger partial charge in [0.15, 0.2) is 0 Å². The van der Waals surface area contributed by atoms with E-state index < -0.39 is 0 Å². The van der Waals surface area contributed by atoms with Crippen molar-refractivity contribution in [3.63, 3.8) is 0 Å². The molecule has 0 spiro atoms. The van der Waals surface area contributed by atoms with Gasteiger partial charge >= 0.3 is 0 Å². The Labute approximate surface area is 127 Å². The van der Waals surface area contributed by atoms with Gasteiger partial charge in [-0.3, -0.25) is 0 Å². The summed E-state index contributed by atoms with van der Waals surface area (Å²) in [6.45, 7) is 6.96. The zero-order chi connectivity index (χ0) is 14.9. The van der Waals surface area contributed by atoms with Crippen molar-refractivity contribution in [2.24, 2.45) is 0 Å². The van der Waals surface area contributed by atoms with Crippen molar-refractivity contribution in [3.05, 3.63) is 78.4 Å². The first-order chi connectivity index (χ1) is 10.3. The highest BCUT2D eigenvalue weighted by molar-refractivity contribution is 5.29. The predicted molar refractivity (Wildman–Crippen MR) is 86.5 cm³/mol. The fourth-order valence-electron chi connectivity index (χ4n) is 2.10. The minimum absolute atomic E-state index is 0.0210. The topological polar surface area (TPSA) is 18.5 Å². The third-order valence-corrected chi connectivity index (χ3v) is 3.08. The molecule has 0 fully saturated rings. The van der Waals surface area contributed by atoms with Gasteiger partial charge in [-0.1, -0.05) is 48.5 Å². The quantitative estimate of drug-likeness (QED) is 0.668. The van der Waals surface area contributed by atoms with Gasteiger partial charge in [0.1, 0.15) is 11.9 Å². The normalized spacial score (nSPS) is 11.9. The highest BCUT2D eigenvalue weighted by Gasteiger charge is 2.05. The third-order valence-electron chi connectivity index (χ3n) is 3.08. The number of benzene rings is 2. The average Bonchev–Trinajstić information content (AvgIpc) is 2.49. The van der Waals surface area contributed by atoms with Crippen molar-refractivity contribution < 1.29 is 9.47 Å². The molecule has 1 unspecified atom stereocenters. The summed E-state index contributed by atoms with van der Waals surface area (Å²) in [6, 6.07) is 18.3. The van der Waals surface area contributed by atoms with E-state index in [9.17, 15) is 0 Å². The zero-order valence-corrected chi connectivity index (χ0v) is 12.5. The molecule has 2 nitrogen and oxygen atoms in total. The lowest BCUT2D eigenvalue weighted by Crippen LogP contribution is -2.19. The van der Waals surface area contributed by atoms with Crippen LogP contribution < -0.4 is 4.74 Å². The first-order valence-corrected chi connectivity index (χ1v) is 7.26. The van der Waals surface area contributed by atoms with Crippen molar-refractivity contribution in [3.8, 4) is 5.75 Å². The van der Waals surface area contributed by atoms with Crippen LogP contribution in [0.1, 0.15) is 18.1 Å². The molecule has 2 rings (SSSR count). The highest BCUT2D eigenvalue weighted by Crippen LogP contribution is 2.16. The van der Waals surface area contributed by atoms with Gasteiger partial charge in [-0.25, -0.2) is 0 Å². The summed E-state index contributed by atoms with van der Waals surface area (Å²) in [6.07, 6.45) is 2.77. The molecule has 1 atom stereocenters. The fourth-order valence-corrected chi connectivity index (χ4v) is 2.10. The Morgan fingerprint density at radius 1 is 1.05 bits per heavy atom. The van der Waals surface area contributed by atoms with Crippen LogP contribution in [0, 0.1) is 0 Å². The molecule has 2 aromatic rings. The van der Waals surface area contributed by atoms with E-state index in [1.54, 1.807) is 0 Å². The summed E-state index contributed by atoms with van der Waals surface area (Å²) in [5, 5.41) is 0. The van der Waals surface area contributed by atoms with Crippen LogP contribution in [0.3, 0.4) is 0 Å². The maximum Gasteiger partial charge on any atom is 0.120 e. The second kappa shape index (κ2) is 8.28. The van der Waals surface area contributed by atoms with Gasteiger partial charge in [0.25, 0.3) is 0 Å². The Bertz CT molecular complexity index is 549. The lowest BCUT2D eigenvalue weighted by molar-refractivity contribution is 0.0493. The van der Waals surface area contributed by atoms with E-state index in [0.29, 0.717) is 13.2 Å². The lowest BCUT2D eigenvalue weighted by Gasteiger charge is -2.15. The average molecular weight is 282 g/mol. The van der Waals surface area contributed by atoms with Crippen LogP contribution in [0.4, 0.5) is 0 Å². The van der Waals surface area contributed by atoms with Crippen LogP contribution >= 0.6 is 0 Å². The summed E-state index contributed by atoms with van der Waals surface area (Å²) in [5.41, 5.74) is 2.39. The van der Waals surface area contributed by atoms with Crippen molar-refractivity contribution in [2.75, 3.05) is 6.61 Å². The van der Waals surface area contributed by atoms with Gasteiger partial charge in [-0.15, -0.1) is 6.58 Å². The van der Waals surface area contributed by atoms with Gasteiger partial charge in [0.05, 0.1) is 13.2 Å². The monoisotopic (exact) mass is 282 g/mol. The Morgan fingerprint density at radius 3 is 2.57 bits per heavy atom. The molecule has 21 heavy (non-hydrogen) atoms. The van der Waals surface area contributed by atoms with Crippen LogP contribution in [0.15, 0.2) is 67.3 Å². The summed E-state index contributed by atoms with van der Waals surface area (Å²) >= 11 is 0. The van der Waals surface area contributed by atoms with Gasteiger partial charge < -0.3 is 9.47 Å². The second-order valence-electron chi connectivity index (χ2n) is 5.07. The fraction of sp³-hybridized carbons (Fsp3) is 0.263. The van der Waals surface area contributed by atoms with Crippen LogP contribution in [-0.4, -0.2) is 12.7 Å². The first-order valence-electron chi connectivity index (χ1n) is 7.26. The zero-order valence-electron chi connectivity index (χ0n) is 12.5. The smallest absolute Gasteiger partial charge is 0.120 e. The van der Waals surface area contributed by atoms with Gasteiger partial charge in [0.2, 0.25) is 0 Å². The minimum Gasteiger partial charge on any atom is -0.488 e. The molecule has 2 heteroatoms. The molecule has 0 heterocycles. The molecule has 0 aliphatic heterocycles. The second-order valence-corrected chi connectivity index (χ2v) is 5.07. The summed E-state index contributed by atoms with van der Waals surface area (Å²) in [7, 11) is 0. The Morgan fingerprint density at radius 2 is 1.81 bits per heavy atom. The molecular weight excluding hydrogens is 260 g/mol. The molecule has 2 aromatic carbocycles. The summed E-state index contributed by atoms with van der Waals surface area (Å²) < 4.78 is 11.6. The molecule has 0 amide bonds. The molecule has 110 valence electrons. The molecule has 0 aromatic heterocycles. The SMILES string of the molecule is C=CCc1cccc(OC(C)COCc2ccccc2)c1. The molecule has 0 radical (unpaired) electrons. The Kier molecular flexibility index (Phi) is 6.04. The third kappa shape index (κ3) is 5.44. The predicted octanol–water partition coefficient (Wildman–Crippen LogP) is 4.40. The maximum absolute atomic E-state index is 5.88. The molecular formula is C19H22O2. The van der Waals surface area contributed by atoms with Crippen molar-refractivity contribution in [1.82, 2.24) is 0 Å². The number of hydrogen-bond acceptors (Lipinski definition) is 2. The van der Waals surface area contributed by atoms with Crippen LogP contribution in [0.2, 0.25) is 0 Å². The van der Waals surface area contributed by atoms with Crippen molar-refractivity contribution in [2.45, 2.75) is 26.1 Å². The van der Waals surface area contributed by atoms with E-state index in [-0.39, 0.29) is 6.10 Å². The Balaban J connectivity index is 1.77. The number of ether oxygens (including phenoxy) is 2. The van der Waals surface area contributed by atoms with Crippen LogP contribution in [0.25, 0.3) is 0 Å². The van der Waals surface area contributed by atoms with Gasteiger partial charge in [-0.05, 0) is 36.6 Å². The number of allylic oxidation sites excluding steroid dienone is 1. The van der Waals surface area contributed by atoms with E-state index in [1.165, 1.54) is 11.1 Å². The Hall–Kier alpha value is -2.06. The van der Waals surface area contributed by atoms with Crippen LogP contribution in [-0.2, 0) is 17.8 Å². The van der Waals surface area contributed by atoms with Crippen molar-refractivity contribution >= 4 is 0 Å². The molecule has 0 saturated heterocycles. The minimum atomic E-state index is 0.0210. The van der Waals surface area contributed by atoms with E-state index in [0.717, 1.165) is 12.2 Å². The van der Waals surface area contributed by atoms with Crippen molar-refractivity contribution in [1.29, 1.82) is 0 Å². The molecule has 0 aliphatic carbocycles. The van der Waals surface area contributed by atoms with E-state index in [2.05, 4.69) is 30.8 Å². The molecule has 0 N–H and O–H groups in total. The summed E-state index contributed by atoms with van der Waals surface area (Å²) in [5.74, 6) is 0.880. The first kappa shape index (κ1) is 15.3. The van der Waals surface area contributed by atoms with Gasteiger partial charge in [0, 0.05) is 0 Å². The van der Waals surface area contributed by atoms with Gasteiger partial charge in [-0.2, -0.15) is 0 Å². The number of hydrogen-bond donors (Lipinski definition) is 0. The van der Waals surface area contributed by atoms with E-state index >= 15 is 0 Å². The maximum atomic E-state index is 5.88.